The lowest BCUT2D eigenvalue weighted by molar-refractivity contribution is 0.0832. The fraction of sp³-hybridized carbons (Fsp3) is 0.300. The van der Waals surface area contributed by atoms with E-state index in [0.717, 1.165) is 17.0 Å². The van der Waals surface area contributed by atoms with E-state index in [4.69, 9.17) is 16.3 Å². The number of hydrogen-bond acceptors (Lipinski definition) is 5. The van der Waals surface area contributed by atoms with E-state index in [1.165, 1.54) is 18.2 Å². The van der Waals surface area contributed by atoms with Crippen LogP contribution in [0.3, 0.4) is 0 Å². The molecular formula is C20H21ClN2O5S2. The van der Waals surface area contributed by atoms with Crippen molar-refractivity contribution in [1.82, 2.24) is 9.29 Å². The molecule has 30 heavy (non-hydrogen) atoms. The fourth-order valence-corrected chi connectivity index (χ4v) is 6.74. The molecule has 1 fully saturated rings. The van der Waals surface area contributed by atoms with Crippen molar-refractivity contribution in [2.75, 3.05) is 13.2 Å². The molecule has 3 aromatic rings. The first kappa shape index (κ1) is 21.3. The summed E-state index contributed by atoms with van der Waals surface area (Å²) < 4.78 is 61.9. The van der Waals surface area contributed by atoms with Crippen molar-refractivity contribution in [3.8, 4) is 0 Å². The summed E-state index contributed by atoms with van der Waals surface area (Å²) in [6, 6.07) is 10.1. The van der Waals surface area contributed by atoms with Gasteiger partial charge in [-0.15, -0.1) is 0 Å². The first-order chi connectivity index (χ1) is 14.2. The molecule has 2 heterocycles. The Bertz CT molecular complexity index is 1310. The highest BCUT2D eigenvalue weighted by molar-refractivity contribution is 7.91. The van der Waals surface area contributed by atoms with Crippen LogP contribution in [0, 0.1) is 0 Å². The van der Waals surface area contributed by atoms with Gasteiger partial charge in [0.1, 0.15) is 4.90 Å². The largest absolute Gasteiger partial charge is 0.381 e. The zero-order valence-corrected chi connectivity index (χ0v) is 18.6. The first-order valence-electron chi connectivity index (χ1n) is 9.38. The van der Waals surface area contributed by atoms with Crippen LogP contribution >= 0.6 is 11.6 Å². The second-order valence-electron chi connectivity index (χ2n) is 7.25. The third-order valence-electron chi connectivity index (χ3n) is 5.21. The molecule has 2 aromatic carbocycles. The van der Waals surface area contributed by atoms with Crippen LogP contribution in [0.2, 0.25) is 5.02 Å². The van der Waals surface area contributed by atoms with E-state index < -0.39 is 19.9 Å². The summed E-state index contributed by atoms with van der Waals surface area (Å²) in [5.74, 6) is 0. The summed E-state index contributed by atoms with van der Waals surface area (Å²) in [6.07, 6.45) is 2.94. The Kier molecular flexibility index (Phi) is 5.67. The summed E-state index contributed by atoms with van der Waals surface area (Å²) in [5, 5.41) is 0.744. The van der Waals surface area contributed by atoms with Crippen LogP contribution in [0.15, 0.2) is 63.3 Å². The molecular weight excluding hydrogens is 448 g/mol. The van der Waals surface area contributed by atoms with Crippen molar-refractivity contribution in [2.45, 2.75) is 33.6 Å². The van der Waals surface area contributed by atoms with Crippen LogP contribution in [-0.2, 0) is 31.6 Å². The molecule has 0 radical (unpaired) electrons. The van der Waals surface area contributed by atoms with Crippen LogP contribution in [0.25, 0.3) is 10.9 Å². The maximum atomic E-state index is 13.2. The molecule has 0 bridgehead atoms. The second-order valence-corrected chi connectivity index (χ2v) is 11.3. The average Bonchev–Trinajstić information content (AvgIpc) is 3.09. The number of aryl methyl sites for hydroxylation is 1. The molecule has 0 atom stereocenters. The lowest BCUT2D eigenvalue weighted by Gasteiger charge is -2.23. The standard InChI is InChI=1S/C20H21ClN2O5S2/c1-23-9-6-14-12-16(3-5-19(14)23)29(24,25)17-2-4-18(21)20(13-17)30(26,27)22-15-7-10-28-11-8-15/h2-6,9,12-13,15,22H,7-8,10-11H2,1H3. The highest BCUT2D eigenvalue weighted by atomic mass is 35.5. The molecule has 160 valence electrons. The second kappa shape index (κ2) is 7.97. The van der Waals surface area contributed by atoms with Crippen molar-refractivity contribution in [3.05, 3.63) is 53.7 Å². The number of halogens is 1. The number of nitrogens with one attached hydrogen (secondary N) is 1. The van der Waals surface area contributed by atoms with Gasteiger partial charge in [-0.1, -0.05) is 11.6 Å². The van der Waals surface area contributed by atoms with Crippen LogP contribution in [0.4, 0.5) is 0 Å². The molecule has 1 aliphatic rings. The summed E-state index contributed by atoms with van der Waals surface area (Å²) in [7, 11) is -6.05. The monoisotopic (exact) mass is 468 g/mol. The normalized spacial score (nSPS) is 16.2. The molecule has 0 unspecified atom stereocenters. The van der Waals surface area contributed by atoms with Gasteiger partial charge in [0.2, 0.25) is 19.9 Å². The number of hydrogen-bond donors (Lipinski definition) is 1. The van der Waals surface area contributed by atoms with E-state index in [1.54, 1.807) is 12.1 Å². The minimum Gasteiger partial charge on any atom is -0.381 e. The van der Waals surface area contributed by atoms with Crippen molar-refractivity contribution < 1.29 is 21.6 Å². The van der Waals surface area contributed by atoms with E-state index in [-0.39, 0.29) is 25.8 Å². The summed E-state index contributed by atoms with van der Waals surface area (Å²) in [4.78, 5) is -0.295. The predicted octanol–water partition coefficient (Wildman–Crippen LogP) is 3.12. The number of nitrogens with zero attached hydrogens (tertiary/aromatic N) is 1. The SMILES string of the molecule is Cn1ccc2cc(S(=O)(=O)c3ccc(Cl)c(S(=O)(=O)NC4CCOCC4)c3)ccc21. The topological polar surface area (TPSA) is 94.5 Å². The number of aromatic nitrogens is 1. The number of sulfonamides is 1. The first-order valence-corrected chi connectivity index (χ1v) is 12.7. The van der Waals surface area contributed by atoms with Crippen molar-refractivity contribution in [3.63, 3.8) is 0 Å². The highest BCUT2D eigenvalue weighted by Gasteiger charge is 2.27. The van der Waals surface area contributed by atoms with Crippen molar-refractivity contribution in [1.29, 1.82) is 0 Å². The van der Waals surface area contributed by atoms with Gasteiger partial charge in [-0.05, 0) is 55.3 Å². The Morgan fingerprint density at radius 2 is 1.67 bits per heavy atom. The van der Waals surface area contributed by atoms with Gasteiger partial charge in [-0.25, -0.2) is 21.6 Å². The average molecular weight is 469 g/mol. The number of ether oxygens (including phenoxy) is 1. The van der Waals surface area contributed by atoms with Gasteiger partial charge in [-0.3, -0.25) is 0 Å². The Morgan fingerprint density at radius 3 is 2.40 bits per heavy atom. The van der Waals surface area contributed by atoms with E-state index >= 15 is 0 Å². The number of sulfone groups is 1. The zero-order valence-electron chi connectivity index (χ0n) is 16.2. The van der Waals surface area contributed by atoms with Crippen LogP contribution in [-0.4, -0.2) is 40.7 Å². The summed E-state index contributed by atoms with van der Waals surface area (Å²) in [5.41, 5.74) is 0.897. The molecule has 1 saturated heterocycles. The number of fused-ring (bicyclic) bond motifs is 1. The number of rotatable bonds is 5. The third-order valence-corrected chi connectivity index (χ3v) is 8.96. The molecule has 7 nitrogen and oxygen atoms in total. The Morgan fingerprint density at radius 1 is 1.00 bits per heavy atom. The van der Waals surface area contributed by atoms with Gasteiger partial charge >= 0.3 is 0 Å². The van der Waals surface area contributed by atoms with Gasteiger partial charge in [0.15, 0.2) is 0 Å². The lowest BCUT2D eigenvalue weighted by atomic mass is 10.1. The molecule has 1 aliphatic heterocycles. The summed E-state index contributed by atoms with van der Waals surface area (Å²) >= 11 is 6.13. The molecule has 0 amide bonds. The molecule has 10 heteroatoms. The Hall–Kier alpha value is -1.91. The predicted molar refractivity (Wildman–Crippen MR) is 114 cm³/mol. The third kappa shape index (κ3) is 4.00. The molecule has 0 saturated carbocycles. The van der Waals surface area contributed by atoms with Gasteiger partial charge < -0.3 is 9.30 Å². The van der Waals surface area contributed by atoms with E-state index in [0.29, 0.717) is 26.1 Å². The minimum absolute atomic E-state index is 0.0352. The highest BCUT2D eigenvalue weighted by Crippen LogP contribution is 2.30. The smallest absolute Gasteiger partial charge is 0.242 e. The van der Waals surface area contributed by atoms with Crippen molar-refractivity contribution in [2.24, 2.45) is 7.05 Å². The molecule has 1 N–H and O–H groups in total. The Balaban J connectivity index is 1.72. The van der Waals surface area contributed by atoms with Gasteiger partial charge in [0.25, 0.3) is 0 Å². The van der Waals surface area contributed by atoms with Crippen molar-refractivity contribution >= 4 is 42.4 Å². The zero-order chi connectivity index (χ0) is 21.5. The maximum absolute atomic E-state index is 13.2. The van der Waals surface area contributed by atoms with Gasteiger partial charge in [0, 0.05) is 43.4 Å². The quantitative estimate of drug-likeness (QED) is 0.620. The van der Waals surface area contributed by atoms with Gasteiger partial charge in [-0.2, -0.15) is 0 Å². The molecule has 1 aromatic heterocycles. The summed E-state index contributed by atoms with van der Waals surface area (Å²) in [6.45, 7) is 0.939. The van der Waals surface area contributed by atoms with E-state index in [2.05, 4.69) is 4.72 Å². The minimum atomic E-state index is -3.99. The maximum Gasteiger partial charge on any atom is 0.242 e. The van der Waals surface area contributed by atoms with E-state index in [1.807, 2.05) is 23.9 Å². The lowest BCUT2D eigenvalue weighted by Crippen LogP contribution is -2.39. The Labute approximate surface area is 180 Å². The number of benzene rings is 2. The van der Waals surface area contributed by atoms with Gasteiger partial charge in [0.05, 0.1) is 14.8 Å². The van der Waals surface area contributed by atoms with Crippen LogP contribution < -0.4 is 4.72 Å². The van der Waals surface area contributed by atoms with E-state index in [9.17, 15) is 16.8 Å². The molecule has 4 rings (SSSR count). The van der Waals surface area contributed by atoms with Crippen LogP contribution in [0.5, 0.6) is 0 Å². The molecule has 0 spiro atoms. The fourth-order valence-electron chi connectivity index (χ4n) is 3.52. The molecule has 0 aliphatic carbocycles. The van der Waals surface area contributed by atoms with Crippen LogP contribution in [0.1, 0.15) is 12.8 Å².